The summed E-state index contributed by atoms with van der Waals surface area (Å²) >= 11 is 0. The number of hydrogen-bond donors (Lipinski definition) is 2. The van der Waals surface area contributed by atoms with Crippen molar-refractivity contribution < 1.29 is 14.7 Å². The largest absolute Gasteiger partial charge is 0.481 e. The Hall–Kier alpha value is -1.30. The number of aliphatic carboxylic acids is 1. The summed E-state index contributed by atoms with van der Waals surface area (Å²) in [6.07, 6.45) is 2.48. The van der Waals surface area contributed by atoms with E-state index in [1.165, 1.54) is 12.8 Å². The van der Waals surface area contributed by atoms with E-state index in [-0.39, 0.29) is 11.9 Å². The Morgan fingerprint density at radius 3 is 2.50 bits per heavy atom. The topological polar surface area (TPSA) is 72.9 Å². The first-order valence-electron chi connectivity index (χ1n) is 7.48. The van der Waals surface area contributed by atoms with Gasteiger partial charge >= 0.3 is 12.0 Å². The first kappa shape index (κ1) is 15.1. The molecule has 1 unspecified atom stereocenters. The fraction of sp³-hybridized carbons (Fsp3) is 0.857. The van der Waals surface area contributed by atoms with Gasteiger partial charge in [0.2, 0.25) is 0 Å². The summed E-state index contributed by atoms with van der Waals surface area (Å²) in [6, 6.07) is 0.211. The van der Waals surface area contributed by atoms with Gasteiger partial charge in [0.1, 0.15) is 0 Å². The molecule has 0 aromatic heterocycles. The van der Waals surface area contributed by atoms with E-state index in [9.17, 15) is 9.59 Å². The van der Waals surface area contributed by atoms with Gasteiger partial charge in [0.15, 0.2) is 0 Å². The summed E-state index contributed by atoms with van der Waals surface area (Å²) in [6.45, 7) is 7.71. The van der Waals surface area contributed by atoms with Gasteiger partial charge in [-0.3, -0.25) is 9.69 Å². The maximum absolute atomic E-state index is 12.1. The molecule has 0 saturated carbocycles. The molecule has 0 spiro atoms. The second kappa shape index (κ2) is 6.43. The first-order chi connectivity index (χ1) is 9.49. The maximum atomic E-state index is 12.1. The molecule has 0 bridgehead atoms. The lowest BCUT2D eigenvalue weighted by atomic mass is 9.99. The van der Waals surface area contributed by atoms with Crippen LogP contribution in [0.5, 0.6) is 0 Å². The third kappa shape index (κ3) is 3.42. The molecule has 2 aliphatic rings. The van der Waals surface area contributed by atoms with Crippen LogP contribution in [0.25, 0.3) is 0 Å². The molecule has 114 valence electrons. The number of hydrogen-bond acceptors (Lipinski definition) is 3. The van der Waals surface area contributed by atoms with Crippen LogP contribution in [-0.4, -0.2) is 65.7 Å². The van der Waals surface area contributed by atoms with E-state index in [4.69, 9.17) is 5.11 Å². The minimum Gasteiger partial charge on any atom is -0.481 e. The fourth-order valence-electron chi connectivity index (χ4n) is 3.11. The number of nitrogens with one attached hydrogen (secondary N) is 1. The Kier molecular flexibility index (Phi) is 4.86. The van der Waals surface area contributed by atoms with Gasteiger partial charge in [0.05, 0.1) is 5.92 Å². The van der Waals surface area contributed by atoms with Crippen LogP contribution in [0, 0.1) is 11.8 Å². The number of carboxylic acids is 1. The van der Waals surface area contributed by atoms with Crippen LogP contribution < -0.4 is 5.32 Å². The molecule has 2 aliphatic heterocycles. The van der Waals surface area contributed by atoms with Crippen LogP contribution in [0.4, 0.5) is 4.79 Å². The average Bonchev–Trinajstić information content (AvgIpc) is 3.04. The second-order valence-electron chi connectivity index (χ2n) is 6.11. The van der Waals surface area contributed by atoms with E-state index in [1.807, 2.05) is 6.92 Å². The van der Waals surface area contributed by atoms with E-state index >= 15 is 0 Å². The summed E-state index contributed by atoms with van der Waals surface area (Å²) in [5.74, 6) is -1.22. The van der Waals surface area contributed by atoms with Crippen molar-refractivity contribution in [3.8, 4) is 0 Å². The van der Waals surface area contributed by atoms with Crippen molar-refractivity contribution in [2.45, 2.75) is 32.7 Å². The highest BCUT2D eigenvalue weighted by atomic mass is 16.4. The normalized spacial score (nSPS) is 28.6. The number of carboxylic acid groups (broad SMARTS) is 1. The predicted molar refractivity (Wildman–Crippen MR) is 75.5 cm³/mol. The second-order valence-corrected chi connectivity index (χ2v) is 6.11. The molecule has 6 heteroatoms. The zero-order chi connectivity index (χ0) is 14.7. The molecule has 6 nitrogen and oxygen atoms in total. The number of amides is 2. The van der Waals surface area contributed by atoms with Crippen LogP contribution in [0.1, 0.15) is 26.7 Å². The minimum atomic E-state index is -0.807. The molecule has 3 atom stereocenters. The summed E-state index contributed by atoms with van der Waals surface area (Å²) in [7, 11) is 0. The van der Waals surface area contributed by atoms with Gasteiger partial charge in [-0.2, -0.15) is 0 Å². The monoisotopic (exact) mass is 283 g/mol. The van der Waals surface area contributed by atoms with E-state index in [0.717, 1.165) is 13.1 Å². The van der Waals surface area contributed by atoms with Crippen LogP contribution in [0.2, 0.25) is 0 Å². The zero-order valence-corrected chi connectivity index (χ0v) is 12.3. The molecule has 2 heterocycles. The van der Waals surface area contributed by atoms with Gasteiger partial charge < -0.3 is 15.3 Å². The molecule has 2 fully saturated rings. The van der Waals surface area contributed by atoms with Gasteiger partial charge in [-0.1, -0.05) is 6.92 Å². The quantitative estimate of drug-likeness (QED) is 0.801. The lowest BCUT2D eigenvalue weighted by molar-refractivity contribution is -0.142. The van der Waals surface area contributed by atoms with Gasteiger partial charge in [-0.15, -0.1) is 0 Å². The van der Waals surface area contributed by atoms with Crippen LogP contribution in [0.3, 0.4) is 0 Å². The van der Waals surface area contributed by atoms with Crippen molar-refractivity contribution in [3.05, 3.63) is 0 Å². The number of carbonyl (C=O) groups is 2. The maximum Gasteiger partial charge on any atom is 0.317 e. The van der Waals surface area contributed by atoms with E-state index < -0.39 is 11.9 Å². The van der Waals surface area contributed by atoms with Crippen LogP contribution >= 0.6 is 0 Å². The number of nitrogens with zero attached hydrogens (tertiary/aromatic N) is 2. The lowest BCUT2D eigenvalue weighted by Crippen LogP contribution is -2.45. The number of rotatable bonds is 4. The fourth-order valence-corrected chi connectivity index (χ4v) is 3.11. The third-order valence-corrected chi connectivity index (χ3v) is 4.53. The van der Waals surface area contributed by atoms with Gasteiger partial charge in [0.25, 0.3) is 0 Å². The standard InChI is InChI=1S/C14H25N3O3/c1-10-8-17(9-12(10)13(18)19)14(20)15-7-11(2)16-5-3-4-6-16/h10-12H,3-9H2,1-2H3,(H,15,20)(H,18,19)/t10-,11?,12-/m1/s1. The average molecular weight is 283 g/mol. The molecule has 2 saturated heterocycles. The molecule has 0 radical (unpaired) electrons. The van der Waals surface area contributed by atoms with Crippen molar-refractivity contribution in [2.75, 3.05) is 32.7 Å². The molecular formula is C14H25N3O3. The lowest BCUT2D eigenvalue weighted by Gasteiger charge is -2.25. The number of urea groups is 1. The smallest absolute Gasteiger partial charge is 0.317 e. The highest BCUT2D eigenvalue weighted by molar-refractivity contribution is 5.77. The van der Waals surface area contributed by atoms with Crippen molar-refractivity contribution >= 4 is 12.0 Å². The Labute approximate surface area is 120 Å². The Morgan fingerprint density at radius 1 is 1.30 bits per heavy atom. The highest BCUT2D eigenvalue weighted by Crippen LogP contribution is 2.23. The van der Waals surface area contributed by atoms with Crippen LogP contribution in [-0.2, 0) is 4.79 Å². The van der Waals surface area contributed by atoms with Gasteiger partial charge in [-0.05, 0) is 38.8 Å². The van der Waals surface area contributed by atoms with E-state index in [2.05, 4.69) is 17.1 Å². The van der Waals surface area contributed by atoms with Gasteiger partial charge in [0, 0.05) is 25.7 Å². The highest BCUT2D eigenvalue weighted by Gasteiger charge is 2.37. The van der Waals surface area contributed by atoms with E-state index in [0.29, 0.717) is 25.7 Å². The minimum absolute atomic E-state index is 0.0225. The Balaban J connectivity index is 1.76. The molecule has 20 heavy (non-hydrogen) atoms. The van der Waals surface area contributed by atoms with Crippen molar-refractivity contribution in [3.63, 3.8) is 0 Å². The predicted octanol–water partition coefficient (Wildman–Crippen LogP) is 0.833. The molecule has 2 N–H and O–H groups in total. The zero-order valence-electron chi connectivity index (χ0n) is 12.3. The molecule has 0 aromatic carbocycles. The molecule has 2 amide bonds. The van der Waals surface area contributed by atoms with Gasteiger partial charge in [-0.25, -0.2) is 4.79 Å². The van der Waals surface area contributed by atoms with E-state index in [1.54, 1.807) is 4.90 Å². The van der Waals surface area contributed by atoms with Crippen molar-refractivity contribution in [1.29, 1.82) is 0 Å². The SMILES string of the molecule is CC(CNC(=O)N1C[C@@H](C)[C@H](C(=O)O)C1)N1CCCC1. The summed E-state index contributed by atoms with van der Waals surface area (Å²) in [4.78, 5) is 27.1. The van der Waals surface area contributed by atoms with Crippen LogP contribution in [0.15, 0.2) is 0 Å². The summed E-state index contributed by atoms with van der Waals surface area (Å²) in [5.41, 5.74) is 0. The first-order valence-corrected chi connectivity index (χ1v) is 7.48. The van der Waals surface area contributed by atoms with Crippen molar-refractivity contribution in [1.82, 2.24) is 15.1 Å². The number of likely N-dealkylation sites (tertiary alicyclic amines) is 2. The third-order valence-electron chi connectivity index (χ3n) is 4.53. The summed E-state index contributed by atoms with van der Waals surface area (Å²) in [5, 5.41) is 12.0. The Bertz CT molecular complexity index is 369. The summed E-state index contributed by atoms with van der Waals surface area (Å²) < 4.78 is 0. The molecule has 0 aromatic rings. The number of carbonyl (C=O) groups excluding carboxylic acids is 1. The molecule has 0 aliphatic carbocycles. The molecular weight excluding hydrogens is 258 g/mol. The van der Waals surface area contributed by atoms with Crippen molar-refractivity contribution in [2.24, 2.45) is 11.8 Å². The molecule has 2 rings (SSSR count). The Morgan fingerprint density at radius 2 is 1.95 bits per heavy atom.